The molecule has 5 rings (SSSR count). The Morgan fingerprint density at radius 2 is 2.09 bits per heavy atom. The predicted molar refractivity (Wildman–Crippen MR) is 124 cm³/mol. The highest BCUT2D eigenvalue weighted by Gasteiger charge is 2.43. The number of methoxy groups -OCH3 is 1. The van der Waals surface area contributed by atoms with Crippen LogP contribution in [0.3, 0.4) is 0 Å². The number of hydrogen-bond acceptors (Lipinski definition) is 7. The van der Waals surface area contributed by atoms with Crippen LogP contribution in [0, 0.1) is 23.6 Å². The highest BCUT2D eigenvalue weighted by Crippen LogP contribution is 2.52. The van der Waals surface area contributed by atoms with Crippen molar-refractivity contribution >= 4 is 17.7 Å². The van der Waals surface area contributed by atoms with Gasteiger partial charge in [-0.3, -0.25) is 4.57 Å². The minimum absolute atomic E-state index is 0.132. The summed E-state index contributed by atoms with van der Waals surface area (Å²) in [4.78, 5) is 11.7. The topological polar surface area (TPSA) is 79.4 Å². The monoisotopic (exact) mass is 485 g/mol. The molecule has 7 nitrogen and oxygen atoms in total. The molecule has 180 valence electrons. The van der Waals surface area contributed by atoms with Gasteiger partial charge in [-0.2, -0.15) is 0 Å². The van der Waals surface area contributed by atoms with Crippen LogP contribution in [0.2, 0.25) is 0 Å². The van der Waals surface area contributed by atoms with Crippen LogP contribution in [0.5, 0.6) is 5.75 Å². The number of nitrogens with zero attached hydrogens (tertiary/aromatic N) is 3. The lowest BCUT2D eigenvalue weighted by Crippen LogP contribution is -2.24. The van der Waals surface area contributed by atoms with Crippen LogP contribution in [-0.4, -0.2) is 27.8 Å². The van der Waals surface area contributed by atoms with Crippen LogP contribution in [0.15, 0.2) is 46.0 Å². The summed E-state index contributed by atoms with van der Waals surface area (Å²) in [6.07, 6.45) is 5.15. The van der Waals surface area contributed by atoms with Crippen LogP contribution in [0.4, 0.5) is 4.39 Å². The molecule has 2 aromatic heterocycles. The Hall–Kier alpha value is -2.81. The van der Waals surface area contributed by atoms with Crippen molar-refractivity contribution in [2.45, 2.75) is 56.2 Å². The first-order valence-electron chi connectivity index (χ1n) is 11.6. The van der Waals surface area contributed by atoms with Crippen molar-refractivity contribution in [3.8, 4) is 5.75 Å². The predicted octanol–water partition coefficient (Wildman–Crippen LogP) is 5.67. The van der Waals surface area contributed by atoms with E-state index in [2.05, 4.69) is 21.7 Å². The maximum absolute atomic E-state index is 14.1. The minimum atomic E-state index is -0.503. The molecule has 4 atom stereocenters. The van der Waals surface area contributed by atoms with Gasteiger partial charge in [-0.15, -0.1) is 10.2 Å². The normalized spacial score (nSPS) is 22.1. The number of benzene rings is 1. The third-order valence-corrected chi connectivity index (χ3v) is 8.11. The molecule has 34 heavy (non-hydrogen) atoms. The van der Waals surface area contributed by atoms with Crippen molar-refractivity contribution < 1.29 is 23.1 Å². The number of para-hydroxylation sites is 1. The molecule has 1 aromatic carbocycles. The van der Waals surface area contributed by atoms with Crippen molar-refractivity contribution in [3.05, 3.63) is 59.6 Å². The molecular weight excluding hydrogens is 457 g/mol. The molecule has 2 fully saturated rings. The number of halogens is 1. The van der Waals surface area contributed by atoms with Crippen molar-refractivity contribution in [3.63, 3.8) is 0 Å². The smallest absolute Gasteiger partial charge is 0.373 e. The SMILES string of the molecule is COC(=O)c1ccc(CSc2nnc(COc3ccccc3F)n2C(C)C2CC3CCC2C3)o1. The van der Waals surface area contributed by atoms with Gasteiger partial charge in [-0.25, -0.2) is 9.18 Å². The average Bonchev–Trinajstić information content (AvgIpc) is 3.65. The van der Waals surface area contributed by atoms with E-state index in [-0.39, 0.29) is 24.2 Å². The van der Waals surface area contributed by atoms with Crippen molar-refractivity contribution in [2.75, 3.05) is 7.11 Å². The van der Waals surface area contributed by atoms with E-state index in [9.17, 15) is 9.18 Å². The van der Waals surface area contributed by atoms with Gasteiger partial charge in [0.1, 0.15) is 12.4 Å². The van der Waals surface area contributed by atoms with Crippen LogP contribution in [-0.2, 0) is 17.1 Å². The summed E-state index contributed by atoms with van der Waals surface area (Å²) < 4.78 is 32.3. The van der Waals surface area contributed by atoms with E-state index >= 15 is 0 Å². The molecule has 2 bridgehead atoms. The number of furan rings is 1. The van der Waals surface area contributed by atoms with Gasteiger partial charge in [-0.05, 0) is 68.2 Å². The summed E-state index contributed by atoms with van der Waals surface area (Å²) in [6.45, 7) is 2.36. The second-order valence-corrected chi connectivity index (χ2v) is 10.1. The van der Waals surface area contributed by atoms with Crippen molar-refractivity contribution in [2.24, 2.45) is 17.8 Å². The van der Waals surface area contributed by atoms with Gasteiger partial charge in [0.05, 0.1) is 12.9 Å². The molecule has 0 saturated heterocycles. The van der Waals surface area contributed by atoms with Crippen molar-refractivity contribution in [1.82, 2.24) is 14.8 Å². The molecule has 2 aliphatic rings. The van der Waals surface area contributed by atoms with Crippen molar-refractivity contribution in [1.29, 1.82) is 0 Å². The average molecular weight is 486 g/mol. The number of carbonyl (C=O) groups excluding carboxylic acids is 1. The van der Waals surface area contributed by atoms with Gasteiger partial charge in [-0.1, -0.05) is 30.3 Å². The summed E-state index contributed by atoms with van der Waals surface area (Å²) in [5.74, 6) is 3.41. The van der Waals surface area contributed by atoms with E-state index in [0.29, 0.717) is 23.3 Å². The van der Waals surface area contributed by atoms with Crippen LogP contribution in [0.25, 0.3) is 0 Å². The fraction of sp³-hybridized carbons (Fsp3) is 0.480. The van der Waals surface area contributed by atoms with E-state index in [0.717, 1.165) is 17.0 Å². The standard InChI is InChI=1S/C25H28FN3O4S/c1-15(19-12-16-7-8-17(19)11-16)29-23(13-32-21-6-4-3-5-20(21)26)27-28-25(29)34-14-18-9-10-22(33-18)24(30)31-2/h3-6,9-10,15-17,19H,7-8,11-14H2,1-2H3. The molecular formula is C25H28FN3O4S. The Labute approximate surface area is 202 Å². The second-order valence-electron chi connectivity index (χ2n) is 9.11. The Balaban J connectivity index is 1.36. The molecule has 2 aliphatic carbocycles. The number of thioether (sulfide) groups is 1. The summed E-state index contributed by atoms with van der Waals surface area (Å²) in [6, 6.07) is 9.95. The lowest BCUT2D eigenvalue weighted by Gasteiger charge is -2.30. The Kier molecular flexibility index (Phi) is 6.63. The summed E-state index contributed by atoms with van der Waals surface area (Å²) in [7, 11) is 1.32. The quantitative estimate of drug-likeness (QED) is 0.286. The molecule has 0 spiro atoms. The highest BCUT2D eigenvalue weighted by atomic mass is 32.2. The van der Waals surface area contributed by atoms with Gasteiger partial charge in [0.2, 0.25) is 5.76 Å². The number of ether oxygens (including phenoxy) is 2. The van der Waals surface area contributed by atoms with Crippen LogP contribution in [0.1, 0.15) is 60.8 Å². The third-order valence-electron chi connectivity index (χ3n) is 7.14. The number of esters is 1. The maximum atomic E-state index is 14.1. The van der Waals surface area contributed by atoms with Gasteiger partial charge < -0.3 is 13.9 Å². The Morgan fingerprint density at radius 1 is 1.24 bits per heavy atom. The van der Waals surface area contributed by atoms with Gasteiger partial charge in [0.25, 0.3) is 0 Å². The fourth-order valence-corrected chi connectivity index (χ4v) is 6.43. The first-order valence-corrected chi connectivity index (χ1v) is 12.6. The van der Waals surface area contributed by atoms with E-state index in [1.807, 2.05) is 0 Å². The molecule has 3 aromatic rings. The van der Waals surface area contributed by atoms with Gasteiger partial charge >= 0.3 is 5.97 Å². The summed E-state index contributed by atoms with van der Waals surface area (Å²) in [5.41, 5.74) is 0. The lowest BCUT2D eigenvalue weighted by atomic mass is 9.84. The van der Waals surface area contributed by atoms with E-state index in [1.165, 1.54) is 50.6 Å². The maximum Gasteiger partial charge on any atom is 0.373 e. The first kappa shape index (κ1) is 23.0. The largest absolute Gasteiger partial charge is 0.483 e. The number of carbonyl (C=O) groups is 1. The number of rotatable bonds is 9. The van der Waals surface area contributed by atoms with Gasteiger partial charge in [0, 0.05) is 6.04 Å². The van der Waals surface area contributed by atoms with Crippen LogP contribution < -0.4 is 4.74 Å². The molecule has 2 saturated carbocycles. The molecule has 0 radical (unpaired) electrons. The zero-order valence-corrected chi connectivity index (χ0v) is 20.1. The molecule has 0 N–H and O–H groups in total. The zero-order chi connectivity index (χ0) is 23.7. The Morgan fingerprint density at radius 3 is 2.82 bits per heavy atom. The van der Waals surface area contributed by atoms with E-state index in [1.54, 1.807) is 30.3 Å². The fourth-order valence-electron chi connectivity index (χ4n) is 5.50. The highest BCUT2D eigenvalue weighted by molar-refractivity contribution is 7.98. The molecule has 9 heteroatoms. The molecule has 2 heterocycles. The minimum Gasteiger partial charge on any atom is -0.483 e. The van der Waals surface area contributed by atoms with E-state index < -0.39 is 11.8 Å². The van der Waals surface area contributed by atoms with Gasteiger partial charge in [0.15, 0.2) is 22.5 Å². The lowest BCUT2D eigenvalue weighted by molar-refractivity contribution is 0.0563. The number of fused-ring (bicyclic) bond motifs is 2. The summed E-state index contributed by atoms with van der Waals surface area (Å²) >= 11 is 1.50. The number of hydrogen-bond donors (Lipinski definition) is 0. The Bertz CT molecular complexity index is 1160. The summed E-state index contributed by atoms with van der Waals surface area (Å²) in [5, 5.41) is 9.62. The van der Waals surface area contributed by atoms with E-state index in [4.69, 9.17) is 13.9 Å². The zero-order valence-electron chi connectivity index (χ0n) is 19.3. The second kappa shape index (κ2) is 9.82. The first-order chi connectivity index (χ1) is 16.5. The third kappa shape index (κ3) is 4.58. The molecule has 0 aliphatic heterocycles. The van der Waals surface area contributed by atoms with Crippen LogP contribution >= 0.6 is 11.8 Å². The molecule has 0 amide bonds. The number of aromatic nitrogens is 3. The molecule has 4 unspecified atom stereocenters.